The van der Waals surface area contributed by atoms with Gasteiger partial charge in [-0.1, -0.05) is 12.1 Å². The van der Waals surface area contributed by atoms with Crippen molar-refractivity contribution in [2.75, 3.05) is 19.7 Å². The molecule has 218 valence electrons. The minimum Gasteiger partial charge on any atom is -0.464 e. The summed E-state index contributed by atoms with van der Waals surface area (Å²) in [6.45, 7) is 13.3. The van der Waals surface area contributed by atoms with Gasteiger partial charge in [0.25, 0.3) is 0 Å². The van der Waals surface area contributed by atoms with Crippen LogP contribution < -0.4 is 16.0 Å². The number of amides is 3. The zero-order chi connectivity index (χ0) is 29.9. The number of alkyl carbamates (subject to hydrolysis) is 2. The van der Waals surface area contributed by atoms with Crippen molar-refractivity contribution in [3.63, 3.8) is 0 Å². The standard InChI is InChI=1S/C27H41N3O9/c1-25(2,3)38-23(34)29-16-20(31)28-15-18-9-11-19(12-10-18)22(33)37-27(7,8)13-14-36-21(32)17-30-24(35)39-26(4,5)6/h9-12H,13-17H2,1-8H3,(H,28,31)(H,29,34)(H,30,35). The second kappa shape index (κ2) is 14.4. The predicted octanol–water partition coefficient (Wildman–Crippen LogP) is 3.22. The van der Waals surface area contributed by atoms with Gasteiger partial charge in [-0.15, -0.1) is 0 Å². The predicted molar refractivity (Wildman–Crippen MR) is 142 cm³/mol. The van der Waals surface area contributed by atoms with Crippen LogP contribution in [-0.4, -0.2) is 66.5 Å². The zero-order valence-electron chi connectivity index (χ0n) is 24.0. The number of hydrogen-bond donors (Lipinski definition) is 3. The molecule has 0 aliphatic heterocycles. The summed E-state index contributed by atoms with van der Waals surface area (Å²) in [5.41, 5.74) is -1.22. The molecule has 0 saturated carbocycles. The summed E-state index contributed by atoms with van der Waals surface area (Å²) < 4.78 is 20.8. The molecule has 1 aromatic carbocycles. The van der Waals surface area contributed by atoms with Crippen molar-refractivity contribution in [3.05, 3.63) is 35.4 Å². The van der Waals surface area contributed by atoms with Gasteiger partial charge in [-0.2, -0.15) is 0 Å². The molecule has 39 heavy (non-hydrogen) atoms. The molecule has 3 amide bonds. The molecule has 0 spiro atoms. The maximum absolute atomic E-state index is 12.6. The Morgan fingerprint density at radius 1 is 0.692 bits per heavy atom. The van der Waals surface area contributed by atoms with Crippen LogP contribution >= 0.6 is 0 Å². The zero-order valence-corrected chi connectivity index (χ0v) is 24.0. The van der Waals surface area contributed by atoms with Crippen LogP contribution in [0.4, 0.5) is 9.59 Å². The van der Waals surface area contributed by atoms with Gasteiger partial charge in [0, 0.05) is 13.0 Å². The third kappa shape index (κ3) is 15.9. The third-order valence-electron chi connectivity index (χ3n) is 4.58. The lowest BCUT2D eigenvalue weighted by Crippen LogP contribution is -2.39. The monoisotopic (exact) mass is 551 g/mol. The Labute approximate surface area is 229 Å². The van der Waals surface area contributed by atoms with Crippen LogP contribution in [-0.2, 0) is 35.1 Å². The van der Waals surface area contributed by atoms with Crippen molar-refractivity contribution in [2.45, 2.75) is 85.2 Å². The number of ether oxygens (including phenoxy) is 4. The van der Waals surface area contributed by atoms with E-state index < -0.39 is 46.8 Å². The number of carbonyl (C=O) groups is 5. The van der Waals surface area contributed by atoms with E-state index in [4.69, 9.17) is 18.9 Å². The molecule has 3 N–H and O–H groups in total. The molecule has 1 aromatic rings. The first-order valence-electron chi connectivity index (χ1n) is 12.5. The summed E-state index contributed by atoms with van der Waals surface area (Å²) in [6, 6.07) is 6.48. The minimum atomic E-state index is -0.927. The van der Waals surface area contributed by atoms with E-state index in [1.165, 1.54) is 0 Å². The molecule has 0 unspecified atom stereocenters. The first-order chi connectivity index (χ1) is 17.8. The third-order valence-corrected chi connectivity index (χ3v) is 4.58. The maximum Gasteiger partial charge on any atom is 0.408 e. The normalized spacial score (nSPS) is 11.6. The van der Waals surface area contributed by atoms with E-state index in [1.807, 2.05) is 0 Å². The van der Waals surface area contributed by atoms with Crippen molar-refractivity contribution >= 4 is 30.0 Å². The number of carbonyl (C=O) groups excluding carboxylic acids is 5. The van der Waals surface area contributed by atoms with Crippen LogP contribution in [0, 0.1) is 0 Å². The Morgan fingerprint density at radius 2 is 1.21 bits per heavy atom. The van der Waals surface area contributed by atoms with Crippen LogP contribution in [0.25, 0.3) is 0 Å². The number of benzene rings is 1. The van der Waals surface area contributed by atoms with Gasteiger partial charge in [-0.05, 0) is 73.1 Å². The number of rotatable bonds is 11. The molecular formula is C27H41N3O9. The van der Waals surface area contributed by atoms with Gasteiger partial charge in [-0.25, -0.2) is 14.4 Å². The average molecular weight is 552 g/mol. The summed E-state index contributed by atoms with van der Waals surface area (Å²) in [6.07, 6.45) is -1.17. The highest BCUT2D eigenvalue weighted by molar-refractivity contribution is 5.89. The van der Waals surface area contributed by atoms with Gasteiger partial charge in [0.1, 0.15) is 29.9 Å². The lowest BCUT2D eigenvalue weighted by Gasteiger charge is -2.25. The fourth-order valence-corrected chi connectivity index (χ4v) is 2.77. The smallest absolute Gasteiger partial charge is 0.408 e. The van der Waals surface area contributed by atoms with Crippen LogP contribution in [0.2, 0.25) is 0 Å². The highest BCUT2D eigenvalue weighted by Crippen LogP contribution is 2.18. The van der Waals surface area contributed by atoms with Crippen LogP contribution in [0.1, 0.15) is 77.7 Å². The average Bonchev–Trinajstić information content (AvgIpc) is 2.77. The van der Waals surface area contributed by atoms with Crippen molar-refractivity contribution < 1.29 is 42.9 Å². The highest BCUT2D eigenvalue weighted by atomic mass is 16.6. The van der Waals surface area contributed by atoms with Crippen molar-refractivity contribution in [1.82, 2.24) is 16.0 Å². The summed E-state index contributed by atoms with van der Waals surface area (Å²) in [4.78, 5) is 59.6. The molecule has 0 aliphatic rings. The Bertz CT molecular complexity index is 1010. The van der Waals surface area contributed by atoms with Crippen molar-refractivity contribution in [3.8, 4) is 0 Å². The van der Waals surface area contributed by atoms with Crippen molar-refractivity contribution in [2.24, 2.45) is 0 Å². The van der Waals surface area contributed by atoms with Gasteiger partial charge >= 0.3 is 24.1 Å². The minimum absolute atomic E-state index is 0.0173. The number of hydrogen-bond acceptors (Lipinski definition) is 9. The molecular weight excluding hydrogens is 510 g/mol. The first kappa shape index (κ1) is 33.2. The van der Waals surface area contributed by atoms with E-state index in [2.05, 4.69) is 16.0 Å². The molecule has 0 aromatic heterocycles. The fourth-order valence-electron chi connectivity index (χ4n) is 2.77. The fraction of sp³-hybridized carbons (Fsp3) is 0.593. The topological polar surface area (TPSA) is 158 Å². The summed E-state index contributed by atoms with van der Waals surface area (Å²) in [5, 5.41) is 7.35. The van der Waals surface area contributed by atoms with Crippen LogP contribution in [0.3, 0.4) is 0 Å². The van der Waals surface area contributed by atoms with Crippen LogP contribution in [0.5, 0.6) is 0 Å². The Hall–Kier alpha value is -3.83. The second-order valence-electron chi connectivity index (χ2n) is 11.3. The summed E-state index contributed by atoms with van der Waals surface area (Å²) in [7, 11) is 0. The molecule has 0 saturated heterocycles. The van der Waals surface area contributed by atoms with Gasteiger partial charge in [0.2, 0.25) is 5.91 Å². The van der Waals surface area contributed by atoms with Gasteiger partial charge in [-0.3, -0.25) is 9.59 Å². The maximum atomic E-state index is 12.6. The van der Waals surface area contributed by atoms with E-state index in [0.717, 1.165) is 5.56 Å². The lowest BCUT2D eigenvalue weighted by molar-refractivity contribution is -0.143. The largest absolute Gasteiger partial charge is 0.464 e. The Kier molecular flexibility index (Phi) is 12.2. The second-order valence-corrected chi connectivity index (χ2v) is 11.3. The van der Waals surface area contributed by atoms with E-state index >= 15 is 0 Å². The van der Waals surface area contributed by atoms with Gasteiger partial charge in [0.15, 0.2) is 0 Å². The quantitative estimate of drug-likeness (QED) is 0.277. The van der Waals surface area contributed by atoms with Gasteiger partial charge in [0.05, 0.1) is 12.2 Å². The Morgan fingerprint density at radius 3 is 1.72 bits per heavy atom. The van der Waals surface area contributed by atoms with E-state index in [9.17, 15) is 24.0 Å². The van der Waals surface area contributed by atoms with Crippen LogP contribution in [0.15, 0.2) is 24.3 Å². The lowest BCUT2D eigenvalue weighted by atomic mass is 10.1. The highest BCUT2D eigenvalue weighted by Gasteiger charge is 2.25. The molecule has 0 atom stereocenters. The molecule has 0 heterocycles. The SMILES string of the molecule is CC(C)(C)OC(=O)NCC(=O)NCc1ccc(C(=O)OC(C)(C)CCOC(=O)CNC(=O)OC(C)(C)C)cc1. The first-order valence-corrected chi connectivity index (χ1v) is 12.5. The molecule has 12 heteroatoms. The molecule has 0 bridgehead atoms. The van der Waals surface area contributed by atoms with E-state index in [1.54, 1.807) is 79.7 Å². The van der Waals surface area contributed by atoms with E-state index in [-0.39, 0.29) is 32.7 Å². The Balaban J connectivity index is 2.40. The molecule has 0 radical (unpaired) electrons. The molecule has 1 rings (SSSR count). The summed E-state index contributed by atoms with van der Waals surface area (Å²) in [5.74, 6) is -1.60. The molecule has 0 aliphatic carbocycles. The van der Waals surface area contributed by atoms with Gasteiger partial charge < -0.3 is 34.9 Å². The molecule has 0 fully saturated rings. The van der Waals surface area contributed by atoms with E-state index in [0.29, 0.717) is 5.56 Å². The summed E-state index contributed by atoms with van der Waals surface area (Å²) >= 11 is 0. The number of esters is 2. The van der Waals surface area contributed by atoms with Crippen molar-refractivity contribution in [1.29, 1.82) is 0 Å². The number of nitrogens with one attached hydrogen (secondary N) is 3. The molecule has 12 nitrogen and oxygen atoms in total.